The first-order chi connectivity index (χ1) is 8.40. The lowest BCUT2D eigenvalue weighted by atomic mass is 10.1. The summed E-state index contributed by atoms with van der Waals surface area (Å²) in [4.78, 5) is 21.8. The molecule has 0 unspecified atom stereocenters. The maximum absolute atomic E-state index is 11.0. The van der Waals surface area contributed by atoms with Gasteiger partial charge in [-0.1, -0.05) is 0 Å². The molecule has 5 heteroatoms. The van der Waals surface area contributed by atoms with Crippen molar-refractivity contribution < 1.29 is 19.8 Å². The van der Waals surface area contributed by atoms with Crippen molar-refractivity contribution in [1.82, 2.24) is 4.57 Å². The van der Waals surface area contributed by atoms with Crippen LogP contribution in [0.25, 0.3) is 10.9 Å². The molecule has 0 radical (unpaired) electrons. The molecule has 0 saturated carbocycles. The molecule has 18 heavy (non-hydrogen) atoms. The van der Waals surface area contributed by atoms with Crippen LogP contribution in [0.2, 0.25) is 0 Å². The van der Waals surface area contributed by atoms with Crippen LogP contribution in [0.15, 0.2) is 18.2 Å². The quantitative estimate of drug-likeness (QED) is 0.869. The third-order valence-electron chi connectivity index (χ3n) is 2.93. The highest BCUT2D eigenvalue weighted by Gasteiger charge is 2.13. The Bertz CT molecular complexity index is 655. The number of fused-ring (bicyclic) bond motifs is 1. The van der Waals surface area contributed by atoms with Gasteiger partial charge in [-0.3, -0.25) is 4.79 Å². The summed E-state index contributed by atoms with van der Waals surface area (Å²) >= 11 is 0. The van der Waals surface area contributed by atoms with Gasteiger partial charge in [0.1, 0.15) is 6.54 Å². The SMILES string of the molecule is Cc1cc(C(=O)O)cc2cc(C)n(CC(=O)O)c12. The highest BCUT2D eigenvalue weighted by molar-refractivity contribution is 5.95. The lowest BCUT2D eigenvalue weighted by Gasteiger charge is -2.07. The number of hydrogen-bond donors (Lipinski definition) is 2. The number of nitrogens with zero attached hydrogens (tertiary/aromatic N) is 1. The fraction of sp³-hybridized carbons (Fsp3) is 0.231. The molecule has 2 aromatic rings. The molecule has 94 valence electrons. The molecule has 2 N–H and O–H groups in total. The topological polar surface area (TPSA) is 79.5 Å². The van der Waals surface area contributed by atoms with Crippen LogP contribution in [0.3, 0.4) is 0 Å². The van der Waals surface area contributed by atoms with Gasteiger partial charge in [0, 0.05) is 11.1 Å². The lowest BCUT2D eigenvalue weighted by molar-refractivity contribution is -0.137. The van der Waals surface area contributed by atoms with Gasteiger partial charge < -0.3 is 14.8 Å². The first-order valence-corrected chi connectivity index (χ1v) is 5.45. The van der Waals surface area contributed by atoms with Crippen molar-refractivity contribution in [2.24, 2.45) is 0 Å². The molecule has 0 aliphatic rings. The number of rotatable bonds is 3. The van der Waals surface area contributed by atoms with E-state index >= 15 is 0 Å². The molecule has 1 aromatic carbocycles. The van der Waals surface area contributed by atoms with E-state index in [1.54, 1.807) is 29.7 Å². The molecule has 0 saturated heterocycles. The van der Waals surface area contributed by atoms with E-state index in [-0.39, 0.29) is 12.1 Å². The minimum Gasteiger partial charge on any atom is -0.480 e. The summed E-state index contributed by atoms with van der Waals surface area (Å²) in [7, 11) is 0. The molecule has 2 rings (SSSR count). The minimum absolute atomic E-state index is 0.122. The maximum Gasteiger partial charge on any atom is 0.335 e. The van der Waals surface area contributed by atoms with Gasteiger partial charge in [-0.25, -0.2) is 4.79 Å². The second-order valence-corrected chi connectivity index (χ2v) is 4.30. The molecule has 0 aliphatic heterocycles. The first kappa shape index (κ1) is 12.2. The van der Waals surface area contributed by atoms with Crippen LogP contribution in [0.1, 0.15) is 21.6 Å². The van der Waals surface area contributed by atoms with Gasteiger partial charge in [-0.2, -0.15) is 0 Å². The van der Waals surface area contributed by atoms with Crippen LogP contribution in [0.4, 0.5) is 0 Å². The number of aryl methyl sites for hydroxylation is 2. The number of benzene rings is 1. The second-order valence-electron chi connectivity index (χ2n) is 4.30. The van der Waals surface area contributed by atoms with E-state index < -0.39 is 11.9 Å². The zero-order valence-corrected chi connectivity index (χ0v) is 10.1. The number of aliphatic carboxylic acids is 1. The van der Waals surface area contributed by atoms with Crippen molar-refractivity contribution in [3.05, 3.63) is 35.0 Å². The van der Waals surface area contributed by atoms with Gasteiger partial charge in [0.15, 0.2) is 0 Å². The lowest BCUT2D eigenvalue weighted by Crippen LogP contribution is -2.10. The molecule has 0 aliphatic carbocycles. The van der Waals surface area contributed by atoms with Crippen LogP contribution in [-0.4, -0.2) is 26.7 Å². The average molecular weight is 247 g/mol. The Morgan fingerprint density at radius 3 is 2.39 bits per heavy atom. The van der Waals surface area contributed by atoms with Gasteiger partial charge in [0.2, 0.25) is 0 Å². The molecule has 0 bridgehead atoms. The molecular formula is C13H13NO4. The van der Waals surface area contributed by atoms with E-state index in [0.29, 0.717) is 0 Å². The smallest absolute Gasteiger partial charge is 0.335 e. The van der Waals surface area contributed by atoms with E-state index in [4.69, 9.17) is 10.2 Å². The largest absolute Gasteiger partial charge is 0.480 e. The molecule has 5 nitrogen and oxygen atoms in total. The number of hydrogen-bond acceptors (Lipinski definition) is 2. The van der Waals surface area contributed by atoms with Crippen LogP contribution >= 0.6 is 0 Å². The van der Waals surface area contributed by atoms with E-state index in [1.165, 1.54) is 0 Å². The summed E-state index contributed by atoms with van der Waals surface area (Å²) in [6.07, 6.45) is 0. The fourth-order valence-electron chi connectivity index (χ4n) is 2.23. The van der Waals surface area contributed by atoms with Crippen LogP contribution < -0.4 is 0 Å². The highest BCUT2D eigenvalue weighted by atomic mass is 16.4. The Morgan fingerprint density at radius 1 is 1.17 bits per heavy atom. The normalized spacial score (nSPS) is 10.8. The Morgan fingerprint density at radius 2 is 1.83 bits per heavy atom. The maximum atomic E-state index is 11.0. The van der Waals surface area contributed by atoms with E-state index in [1.807, 2.05) is 6.92 Å². The highest BCUT2D eigenvalue weighted by Crippen LogP contribution is 2.25. The molecule has 0 amide bonds. The monoisotopic (exact) mass is 247 g/mol. The predicted octanol–water partition coefficient (Wildman–Crippen LogP) is 2.04. The molecule has 0 atom stereocenters. The zero-order chi connectivity index (χ0) is 13.4. The third-order valence-corrected chi connectivity index (χ3v) is 2.93. The standard InChI is InChI=1S/C13H13NO4/c1-7-3-10(13(17)18)5-9-4-8(2)14(12(7)9)6-11(15)16/h3-5H,6H2,1-2H3,(H,15,16)(H,17,18). The van der Waals surface area contributed by atoms with Crippen molar-refractivity contribution in [2.45, 2.75) is 20.4 Å². The van der Waals surface area contributed by atoms with Crippen LogP contribution in [0, 0.1) is 13.8 Å². The van der Waals surface area contributed by atoms with Gasteiger partial charge in [-0.15, -0.1) is 0 Å². The van der Waals surface area contributed by atoms with E-state index in [9.17, 15) is 9.59 Å². The number of carboxylic acid groups (broad SMARTS) is 2. The van der Waals surface area contributed by atoms with Crippen LogP contribution in [0.5, 0.6) is 0 Å². The first-order valence-electron chi connectivity index (χ1n) is 5.45. The fourth-order valence-corrected chi connectivity index (χ4v) is 2.23. The number of carbonyl (C=O) groups is 2. The summed E-state index contributed by atoms with van der Waals surface area (Å²) in [5.74, 6) is -1.90. The molecule has 1 heterocycles. The minimum atomic E-state index is -0.983. The second kappa shape index (κ2) is 4.18. The summed E-state index contributed by atoms with van der Waals surface area (Å²) in [6, 6.07) is 4.93. The van der Waals surface area contributed by atoms with Gasteiger partial charge in [0.25, 0.3) is 0 Å². The number of aromatic carboxylic acids is 1. The molecule has 0 fully saturated rings. The molecule has 1 aromatic heterocycles. The Labute approximate surface area is 103 Å². The number of carboxylic acids is 2. The van der Waals surface area contributed by atoms with Crippen molar-refractivity contribution in [3.8, 4) is 0 Å². The van der Waals surface area contributed by atoms with Gasteiger partial charge in [-0.05, 0) is 37.6 Å². The summed E-state index contributed by atoms with van der Waals surface area (Å²) in [6.45, 7) is 3.47. The Balaban J connectivity index is 2.72. The Hall–Kier alpha value is -2.30. The molecule has 0 spiro atoms. The zero-order valence-electron chi connectivity index (χ0n) is 10.1. The Kier molecular flexibility index (Phi) is 2.82. The van der Waals surface area contributed by atoms with Crippen molar-refractivity contribution in [3.63, 3.8) is 0 Å². The summed E-state index contributed by atoms with van der Waals surface area (Å²) in [5.41, 5.74) is 2.56. The van der Waals surface area contributed by atoms with Crippen molar-refractivity contribution >= 4 is 22.8 Å². The average Bonchev–Trinajstić information content (AvgIpc) is 2.54. The van der Waals surface area contributed by atoms with Gasteiger partial charge in [0.05, 0.1) is 11.1 Å². The van der Waals surface area contributed by atoms with E-state index in [2.05, 4.69) is 0 Å². The van der Waals surface area contributed by atoms with E-state index in [0.717, 1.165) is 22.2 Å². The number of aromatic nitrogens is 1. The molecular weight excluding hydrogens is 234 g/mol. The predicted molar refractivity (Wildman–Crippen MR) is 66.0 cm³/mol. The summed E-state index contributed by atoms with van der Waals surface area (Å²) < 4.78 is 1.68. The summed E-state index contributed by atoms with van der Waals surface area (Å²) in [5, 5.41) is 18.6. The third kappa shape index (κ3) is 1.95. The van der Waals surface area contributed by atoms with Crippen molar-refractivity contribution in [2.75, 3.05) is 0 Å². The van der Waals surface area contributed by atoms with Gasteiger partial charge >= 0.3 is 11.9 Å². The van der Waals surface area contributed by atoms with Crippen molar-refractivity contribution in [1.29, 1.82) is 0 Å². The van der Waals surface area contributed by atoms with Crippen LogP contribution in [-0.2, 0) is 11.3 Å².